The fraction of sp³-hybridized carbons (Fsp3) is 0.571. The number of benzene rings is 1. The highest BCUT2D eigenvalue weighted by Gasteiger charge is 2.26. The largest absolute Gasteiger partial charge is 0.398 e. The smallest absolute Gasteiger partial charge is 0.240 e. The first-order valence-electron chi connectivity index (χ1n) is 6.86. The van der Waals surface area contributed by atoms with Crippen molar-refractivity contribution in [1.29, 1.82) is 0 Å². The van der Waals surface area contributed by atoms with E-state index in [1.807, 2.05) is 0 Å². The van der Waals surface area contributed by atoms with Crippen molar-refractivity contribution >= 4 is 21.4 Å². The minimum Gasteiger partial charge on any atom is -0.398 e. The van der Waals surface area contributed by atoms with Crippen LogP contribution in [-0.4, -0.2) is 14.5 Å². The maximum Gasteiger partial charge on any atom is 0.240 e. The Kier molecular flexibility index (Phi) is 3.97. The molecule has 1 fully saturated rings. The van der Waals surface area contributed by atoms with Gasteiger partial charge in [0.2, 0.25) is 10.0 Å². The lowest BCUT2D eigenvalue weighted by molar-refractivity contribution is 0.232. The molecule has 0 aliphatic heterocycles. The fourth-order valence-corrected chi connectivity index (χ4v) is 3.32. The minimum absolute atomic E-state index is 0.0205. The van der Waals surface area contributed by atoms with Crippen LogP contribution in [0.4, 0.5) is 11.4 Å². The summed E-state index contributed by atoms with van der Waals surface area (Å²) in [5.74, 6) is 0. The normalized spacial score (nSPS) is 19.8. The molecule has 5 nitrogen and oxygen atoms in total. The highest BCUT2D eigenvalue weighted by atomic mass is 32.2. The lowest BCUT2D eigenvalue weighted by atomic mass is 9.75. The van der Waals surface area contributed by atoms with Crippen LogP contribution in [0.1, 0.15) is 39.5 Å². The maximum absolute atomic E-state index is 11.3. The van der Waals surface area contributed by atoms with Crippen molar-refractivity contribution in [3.05, 3.63) is 18.2 Å². The Labute approximate surface area is 120 Å². The zero-order valence-corrected chi connectivity index (χ0v) is 12.8. The summed E-state index contributed by atoms with van der Waals surface area (Å²) in [6, 6.07) is 5.23. The summed E-state index contributed by atoms with van der Waals surface area (Å²) >= 11 is 0. The van der Waals surface area contributed by atoms with Gasteiger partial charge in [0.1, 0.15) is 4.90 Å². The van der Waals surface area contributed by atoms with Crippen LogP contribution >= 0.6 is 0 Å². The Hall–Kier alpha value is -1.27. The number of nitrogens with one attached hydrogen (secondary N) is 1. The molecule has 0 amide bonds. The van der Waals surface area contributed by atoms with Crippen molar-refractivity contribution in [3.8, 4) is 0 Å². The molecule has 1 aromatic carbocycles. The van der Waals surface area contributed by atoms with Gasteiger partial charge in [0, 0.05) is 11.7 Å². The molecule has 2 rings (SSSR count). The molecule has 0 atom stereocenters. The van der Waals surface area contributed by atoms with E-state index in [4.69, 9.17) is 10.9 Å². The van der Waals surface area contributed by atoms with E-state index in [-0.39, 0.29) is 10.6 Å². The maximum atomic E-state index is 11.3. The summed E-state index contributed by atoms with van der Waals surface area (Å²) in [6.45, 7) is 4.59. The Morgan fingerprint density at radius 3 is 2.35 bits per heavy atom. The van der Waals surface area contributed by atoms with Gasteiger partial charge in [0.05, 0.1) is 5.69 Å². The predicted molar refractivity (Wildman–Crippen MR) is 81.9 cm³/mol. The van der Waals surface area contributed by atoms with E-state index in [9.17, 15) is 8.42 Å². The quantitative estimate of drug-likeness (QED) is 0.745. The predicted octanol–water partition coefficient (Wildman–Crippen LogP) is 2.30. The van der Waals surface area contributed by atoms with Crippen molar-refractivity contribution in [2.24, 2.45) is 10.6 Å². The number of hydrogen-bond donors (Lipinski definition) is 3. The van der Waals surface area contributed by atoms with Crippen LogP contribution in [0.25, 0.3) is 0 Å². The van der Waals surface area contributed by atoms with E-state index >= 15 is 0 Å². The molecule has 112 valence electrons. The number of primary sulfonamides is 1. The first kappa shape index (κ1) is 15.1. The Morgan fingerprint density at radius 1 is 1.25 bits per heavy atom. The Bertz CT molecular complexity index is 586. The molecule has 1 aliphatic rings. The number of hydrogen-bond acceptors (Lipinski definition) is 4. The average Bonchev–Trinajstić information content (AvgIpc) is 2.30. The van der Waals surface area contributed by atoms with E-state index in [1.54, 1.807) is 12.1 Å². The van der Waals surface area contributed by atoms with Crippen molar-refractivity contribution in [1.82, 2.24) is 0 Å². The summed E-state index contributed by atoms with van der Waals surface area (Å²) in [7, 11) is -3.75. The van der Waals surface area contributed by atoms with Gasteiger partial charge in [-0.1, -0.05) is 13.8 Å². The van der Waals surface area contributed by atoms with Gasteiger partial charge in [-0.25, -0.2) is 13.6 Å². The number of sulfonamides is 1. The van der Waals surface area contributed by atoms with Crippen LogP contribution in [0.2, 0.25) is 0 Å². The molecule has 5 N–H and O–H groups in total. The van der Waals surface area contributed by atoms with Crippen LogP contribution in [0.5, 0.6) is 0 Å². The summed E-state index contributed by atoms with van der Waals surface area (Å²) < 4.78 is 22.6. The molecular formula is C14H23N3O2S. The van der Waals surface area contributed by atoms with Crippen molar-refractivity contribution < 1.29 is 8.42 Å². The van der Waals surface area contributed by atoms with E-state index in [0.717, 1.165) is 18.5 Å². The standard InChI is InChI=1S/C14H23N3O2S/c1-14(2)7-5-10(6-8-14)17-11-3-4-13(12(15)9-11)20(16,18)19/h3-4,9-10,17H,5-8,15H2,1-2H3,(H2,16,18,19). The SMILES string of the molecule is CC1(C)CCC(Nc2ccc(S(N)(=O)=O)c(N)c2)CC1. The van der Waals surface area contributed by atoms with Crippen molar-refractivity contribution in [2.45, 2.75) is 50.5 Å². The van der Waals surface area contributed by atoms with Gasteiger partial charge in [-0.05, 0) is 49.3 Å². The third-order valence-electron chi connectivity index (χ3n) is 4.03. The lowest BCUT2D eigenvalue weighted by Crippen LogP contribution is -2.29. The molecule has 0 unspecified atom stereocenters. The van der Waals surface area contributed by atoms with Gasteiger partial charge >= 0.3 is 0 Å². The van der Waals surface area contributed by atoms with E-state index in [0.29, 0.717) is 11.5 Å². The average molecular weight is 297 g/mol. The van der Waals surface area contributed by atoms with Crippen molar-refractivity contribution in [3.63, 3.8) is 0 Å². The molecule has 20 heavy (non-hydrogen) atoms. The number of nitrogens with two attached hydrogens (primary N) is 2. The van der Waals surface area contributed by atoms with Crippen LogP contribution in [0, 0.1) is 5.41 Å². The van der Waals surface area contributed by atoms with E-state index in [2.05, 4.69) is 19.2 Å². The summed E-state index contributed by atoms with van der Waals surface area (Å²) in [4.78, 5) is -0.0205. The highest BCUT2D eigenvalue weighted by Crippen LogP contribution is 2.36. The van der Waals surface area contributed by atoms with Gasteiger partial charge in [-0.2, -0.15) is 0 Å². The molecule has 0 aromatic heterocycles. The molecule has 6 heteroatoms. The Balaban J connectivity index is 2.07. The van der Waals surface area contributed by atoms with E-state index < -0.39 is 10.0 Å². The molecule has 1 saturated carbocycles. The van der Waals surface area contributed by atoms with Gasteiger partial charge in [-0.3, -0.25) is 0 Å². The third kappa shape index (κ3) is 3.64. The molecule has 0 radical (unpaired) electrons. The fourth-order valence-electron chi connectivity index (χ4n) is 2.68. The zero-order valence-electron chi connectivity index (χ0n) is 12.0. The summed E-state index contributed by atoms with van der Waals surface area (Å²) in [5, 5.41) is 8.52. The second-order valence-electron chi connectivity index (χ2n) is 6.38. The monoisotopic (exact) mass is 297 g/mol. The number of rotatable bonds is 3. The van der Waals surface area contributed by atoms with Crippen LogP contribution in [0.3, 0.4) is 0 Å². The van der Waals surface area contributed by atoms with E-state index in [1.165, 1.54) is 18.9 Å². The molecule has 1 aliphatic carbocycles. The van der Waals surface area contributed by atoms with Gasteiger partial charge in [0.15, 0.2) is 0 Å². The second kappa shape index (κ2) is 5.26. The highest BCUT2D eigenvalue weighted by molar-refractivity contribution is 7.89. The third-order valence-corrected chi connectivity index (χ3v) is 5.01. The molecule has 1 aromatic rings. The molecular weight excluding hydrogens is 274 g/mol. The molecule has 0 spiro atoms. The number of anilines is 2. The second-order valence-corrected chi connectivity index (χ2v) is 7.91. The molecule has 0 saturated heterocycles. The van der Waals surface area contributed by atoms with Gasteiger partial charge in [-0.15, -0.1) is 0 Å². The lowest BCUT2D eigenvalue weighted by Gasteiger charge is -2.35. The van der Waals surface area contributed by atoms with Crippen LogP contribution < -0.4 is 16.2 Å². The summed E-state index contributed by atoms with van der Waals surface area (Å²) in [5.41, 5.74) is 7.22. The van der Waals surface area contributed by atoms with Gasteiger partial charge < -0.3 is 11.1 Å². The first-order chi connectivity index (χ1) is 9.17. The van der Waals surface area contributed by atoms with Crippen molar-refractivity contribution in [2.75, 3.05) is 11.1 Å². The molecule has 0 bridgehead atoms. The van der Waals surface area contributed by atoms with Gasteiger partial charge in [0.25, 0.3) is 0 Å². The number of nitrogen functional groups attached to an aromatic ring is 1. The minimum atomic E-state index is -3.75. The zero-order chi connectivity index (χ0) is 15.0. The van der Waals surface area contributed by atoms with Crippen LogP contribution in [0.15, 0.2) is 23.1 Å². The topological polar surface area (TPSA) is 98.2 Å². The molecule has 0 heterocycles. The van der Waals surface area contributed by atoms with Crippen LogP contribution in [-0.2, 0) is 10.0 Å². The Morgan fingerprint density at radius 2 is 1.85 bits per heavy atom. The summed E-state index contributed by atoms with van der Waals surface area (Å²) in [6.07, 6.45) is 4.61. The first-order valence-corrected chi connectivity index (χ1v) is 8.41.